The Balaban J connectivity index is 1.22. The van der Waals surface area contributed by atoms with E-state index in [1.54, 1.807) is 0 Å². The lowest BCUT2D eigenvalue weighted by Gasteiger charge is -2.41. The molecule has 5 aromatic rings. The van der Waals surface area contributed by atoms with E-state index in [0.717, 1.165) is 80.0 Å². The standard InChI is InChI=1S/C48H60FN7O4/c1-6-52(7-2)28-29-60-40-18-16-36(17-19-40)31-48(51-35(5)57)22-20-39(21-23-48)55-46(58)42-30-38(49)32-50-45(42)56(47(55)59)44-15-11-14-41(37-12-9-8-10-13-37)43(44)33-53-24-26-54(27-25-53)34(3)4/h8-19,30,32,34,39H,6-7,20-29,31,33H2,1-5H3,(H,51,57). The number of rotatable bonds is 15. The van der Waals surface area contributed by atoms with E-state index in [0.29, 0.717) is 57.0 Å². The number of hydrogen-bond donors (Lipinski definition) is 1. The minimum Gasteiger partial charge on any atom is -0.492 e. The minimum absolute atomic E-state index is 0.0503. The molecule has 0 atom stereocenters. The van der Waals surface area contributed by atoms with Gasteiger partial charge in [0.15, 0.2) is 5.65 Å². The number of nitrogens with zero attached hydrogens (tertiary/aromatic N) is 6. The van der Waals surface area contributed by atoms with Gasteiger partial charge in [-0.15, -0.1) is 0 Å². The van der Waals surface area contributed by atoms with Crippen molar-refractivity contribution in [2.75, 3.05) is 52.4 Å². The molecule has 11 nitrogen and oxygen atoms in total. The Bertz CT molecular complexity index is 2360. The Morgan fingerprint density at radius 3 is 2.30 bits per heavy atom. The number of ether oxygens (including phenoxy) is 1. The maximum Gasteiger partial charge on any atom is 0.337 e. The van der Waals surface area contributed by atoms with Gasteiger partial charge in [-0.2, -0.15) is 0 Å². The van der Waals surface area contributed by atoms with Crippen molar-refractivity contribution < 1.29 is 13.9 Å². The van der Waals surface area contributed by atoms with Crippen molar-refractivity contribution in [1.82, 2.24) is 34.1 Å². The summed E-state index contributed by atoms with van der Waals surface area (Å²) in [6.45, 7) is 17.9. The van der Waals surface area contributed by atoms with Crippen LogP contribution < -0.4 is 21.3 Å². The first-order valence-electron chi connectivity index (χ1n) is 21.7. The number of benzene rings is 3. The van der Waals surface area contributed by atoms with Crippen molar-refractivity contribution in [2.24, 2.45) is 0 Å². The van der Waals surface area contributed by atoms with Gasteiger partial charge < -0.3 is 15.0 Å². The van der Waals surface area contributed by atoms with Gasteiger partial charge in [0.1, 0.15) is 18.2 Å². The fourth-order valence-electron chi connectivity index (χ4n) is 9.28. The summed E-state index contributed by atoms with van der Waals surface area (Å²) < 4.78 is 23.9. The molecule has 2 aromatic heterocycles. The molecule has 1 aliphatic heterocycles. The SMILES string of the molecule is CCN(CC)CCOc1ccc(CC2(NC(C)=O)CCC(n3c(=O)c4cc(F)cnc4n(-c4cccc(-c5ccccc5)c4CN4CCN(C(C)C)CC4)c3=O)CC2)cc1. The van der Waals surface area contributed by atoms with Crippen molar-refractivity contribution in [3.63, 3.8) is 0 Å². The second kappa shape index (κ2) is 19.0. The number of fused-ring (bicyclic) bond motifs is 1. The minimum atomic E-state index is -0.647. The summed E-state index contributed by atoms with van der Waals surface area (Å²) in [4.78, 5) is 53.8. The Hall–Kier alpha value is -5.17. The topological polar surface area (TPSA) is 105 Å². The van der Waals surface area contributed by atoms with E-state index >= 15 is 9.18 Å². The average molecular weight is 818 g/mol. The van der Waals surface area contributed by atoms with Gasteiger partial charge in [0.05, 0.1) is 17.3 Å². The maximum absolute atomic E-state index is 15.1. The number of aromatic nitrogens is 3. The molecule has 3 aromatic carbocycles. The molecule has 1 aliphatic carbocycles. The number of amides is 1. The number of carbonyl (C=O) groups is 1. The van der Waals surface area contributed by atoms with Gasteiger partial charge in [0, 0.05) is 63.8 Å². The third-order valence-electron chi connectivity index (χ3n) is 12.6. The summed E-state index contributed by atoms with van der Waals surface area (Å²) in [6, 6.07) is 25.3. The van der Waals surface area contributed by atoms with E-state index in [-0.39, 0.29) is 16.9 Å². The molecule has 7 rings (SSSR count). The van der Waals surface area contributed by atoms with Gasteiger partial charge in [-0.05, 0) is 106 Å². The molecule has 1 saturated carbocycles. The first kappa shape index (κ1) is 42.9. The van der Waals surface area contributed by atoms with Crippen LogP contribution in [0.25, 0.3) is 27.8 Å². The van der Waals surface area contributed by atoms with Crippen molar-refractivity contribution in [2.45, 2.75) is 90.9 Å². The van der Waals surface area contributed by atoms with Crippen LogP contribution in [0, 0.1) is 5.82 Å². The molecule has 2 aliphatic rings. The fourth-order valence-corrected chi connectivity index (χ4v) is 9.28. The van der Waals surface area contributed by atoms with Crippen LogP contribution in [-0.2, 0) is 17.8 Å². The first-order chi connectivity index (χ1) is 29.0. The Morgan fingerprint density at radius 2 is 1.65 bits per heavy atom. The average Bonchev–Trinajstić information content (AvgIpc) is 3.24. The molecular formula is C48H60FN7O4. The zero-order valence-corrected chi connectivity index (χ0v) is 35.8. The summed E-state index contributed by atoms with van der Waals surface area (Å²) in [7, 11) is 0. The van der Waals surface area contributed by atoms with Crippen LogP contribution in [0.1, 0.15) is 77.5 Å². The molecule has 0 bridgehead atoms. The van der Waals surface area contributed by atoms with E-state index in [1.807, 2.05) is 54.6 Å². The maximum atomic E-state index is 15.1. The molecule has 0 unspecified atom stereocenters. The smallest absolute Gasteiger partial charge is 0.337 e. The molecule has 60 heavy (non-hydrogen) atoms. The highest BCUT2D eigenvalue weighted by molar-refractivity contribution is 5.78. The summed E-state index contributed by atoms with van der Waals surface area (Å²) in [5, 5.41) is 3.31. The highest BCUT2D eigenvalue weighted by Gasteiger charge is 2.38. The van der Waals surface area contributed by atoms with Gasteiger partial charge in [0.25, 0.3) is 5.56 Å². The van der Waals surface area contributed by atoms with Gasteiger partial charge >= 0.3 is 5.69 Å². The molecule has 1 N–H and O–H groups in total. The third kappa shape index (κ3) is 9.56. The van der Waals surface area contributed by atoms with Crippen LogP contribution in [0.2, 0.25) is 0 Å². The Morgan fingerprint density at radius 1 is 0.950 bits per heavy atom. The molecule has 0 radical (unpaired) electrons. The lowest BCUT2D eigenvalue weighted by molar-refractivity contribution is -0.121. The zero-order valence-electron chi connectivity index (χ0n) is 35.8. The van der Waals surface area contributed by atoms with Crippen LogP contribution >= 0.6 is 0 Å². The largest absolute Gasteiger partial charge is 0.492 e. The van der Waals surface area contributed by atoms with E-state index in [2.05, 4.69) is 70.9 Å². The predicted molar refractivity (Wildman–Crippen MR) is 236 cm³/mol. The van der Waals surface area contributed by atoms with Crippen LogP contribution in [0.5, 0.6) is 5.75 Å². The number of piperazine rings is 1. The molecule has 1 saturated heterocycles. The number of likely N-dealkylation sites (N-methyl/N-ethyl adjacent to an activating group) is 1. The van der Waals surface area contributed by atoms with Crippen molar-refractivity contribution in [3.8, 4) is 22.6 Å². The highest BCUT2D eigenvalue weighted by Crippen LogP contribution is 2.37. The van der Waals surface area contributed by atoms with Gasteiger partial charge in [0.2, 0.25) is 5.91 Å². The second-order valence-electron chi connectivity index (χ2n) is 16.8. The molecular weight excluding hydrogens is 758 g/mol. The monoisotopic (exact) mass is 817 g/mol. The molecule has 1 amide bonds. The molecule has 3 heterocycles. The van der Waals surface area contributed by atoms with Crippen LogP contribution in [-0.4, -0.2) is 98.7 Å². The van der Waals surface area contributed by atoms with E-state index < -0.39 is 28.6 Å². The molecule has 0 spiro atoms. The predicted octanol–water partition coefficient (Wildman–Crippen LogP) is 6.83. The van der Waals surface area contributed by atoms with Crippen LogP contribution in [0.4, 0.5) is 4.39 Å². The van der Waals surface area contributed by atoms with Crippen LogP contribution in [0.15, 0.2) is 94.6 Å². The van der Waals surface area contributed by atoms with Crippen molar-refractivity contribution in [1.29, 1.82) is 0 Å². The molecule has 2 fully saturated rings. The third-order valence-corrected chi connectivity index (χ3v) is 12.6. The normalized spacial score (nSPS) is 19.0. The van der Waals surface area contributed by atoms with Crippen molar-refractivity contribution >= 4 is 16.9 Å². The Labute approximate surface area is 352 Å². The van der Waals surface area contributed by atoms with E-state index in [9.17, 15) is 9.59 Å². The van der Waals surface area contributed by atoms with Gasteiger partial charge in [-0.25, -0.2) is 18.7 Å². The number of halogens is 1. The summed E-state index contributed by atoms with van der Waals surface area (Å²) >= 11 is 0. The summed E-state index contributed by atoms with van der Waals surface area (Å²) in [6.07, 6.45) is 3.68. The quantitative estimate of drug-likeness (QED) is 0.123. The lowest BCUT2D eigenvalue weighted by Crippen LogP contribution is -2.53. The van der Waals surface area contributed by atoms with E-state index in [4.69, 9.17) is 4.74 Å². The molecule has 12 heteroatoms. The van der Waals surface area contributed by atoms with Gasteiger partial charge in [-0.1, -0.05) is 68.4 Å². The second-order valence-corrected chi connectivity index (χ2v) is 16.8. The van der Waals surface area contributed by atoms with Gasteiger partial charge in [-0.3, -0.25) is 24.0 Å². The molecule has 318 valence electrons. The first-order valence-corrected chi connectivity index (χ1v) is 21.7. The number of carbonyl (C=O) groups excluding carboxylic acids is 1. The van der Waals surface area contributed by atoms with E-state index in [1.165, 1.54) is 22.1 Å². The number of nitrogens with one attached hydrogen (secondary N) is 1. The number of hydrogen-bond acceptors (Lipinski definition) is 8. The lowest BCUT2D eigenvalue weighted by atomic mass is 9.75. The van der Waals surface area contributed by atoms with Crippen molar-refractivity contribution in [3.05, 3.63) is 123 Å². The number of pyridine rings is 1. The van der Waals surface area contributed by atoms with Crippen LogP contribution in [0.3, 0.4) is 0 Å². The zero-order chi connectivity index (χ0) is 42.4. The summed E-state index contributed by atoms with van der Waals surface area (Å²) in [5.74, 6) is 0.0199. The fraction of sp³-hybridized carbons (Fsp3) is 0.458. The highest BCUT2D eigenvalue weighted by atomic mass is 19.1. The Kier molecular flexibility index (Phi) is 13.6. The summed E-state index contributed by atoms with van der Waals surface area (Å²) in [5.41, 5.74) is 3.11.